The lowest BCUT2D eigenvalue weighted by Gasteiger charge is -2.32. The van der Waals surface area contributed by atoms with Gasteiger partial charge in [0.1, 0.15) is 11.3 Å². The molecule has 0 atom stereocenters. The summed E-state index contributed by atoms with van der Waals surface area (Å²) < 4.78 is 7.02. The van der Waals surface area contributed by atoms with Crippen LogP contribution in [-0.4, -0.2) is 55.7 Å². The molecule has 0 saturated carbocycles. The maximum Gasteiger partial charge on any atom is 0.278 e. The zero-order valence-electron chi connectivity index (χ0n) is 19.4. The summed E-state index contributed by atoms with van der Waals surface area (Å²) in [4.78, 5) is 39.0. The number of ether oxygens (including phenoxy) is 1. The normalized spacial score (nSPS) is 14.2. The fraction of sp³-hybridized carbons (Fsp3) is 0.292. The lowest BCUT2D eigenvalue weighted by molar-refractivity contribution is 0.0688. The number of methoxy groups -OCH3 is 1. The second-order valence-electron chi connectivity index (χ2n) is 8.44. The second kappa shape index (κ2) is 10.2. The number of amides is 1. The molecule has 0 bridgehead atoms. The molecule has 4 aromatic rings. The number of carbonyl (C=O) groups is 1. The molecule has 0 unspecified atom stereocenters. The number of nitrogens with one attached hydrogen (secondary N) is 2. The molecule has 1 fully saturated rings. The molecule has 0 spiro atoms. The van der Waals surface area contributed by atoms with Crippen LogP contribution in [0.2, 0.25) is 10.0 Å². The van der Waals surface area contributed by atoms with Gasteiger partial charge in [0.05, 0.1) is 35.0 Å². The van der Waals surface area contributed by atoms with Crippen molar-refractivity contribution in [2.75, 3.05) is 25.5 Å². The van der Waals surface area contributed by atoms with Gasteiger partial charge in [-0.1, -0.05) is 29.3 Å². The van der Waals surface area contributed by atoms with Crippen molar-refractivity contribution < 1.29 is 9.53 Å². The number of likely N-dealkylation sites (tertiary alicyclic amines) is 1. The van der Waals surface area contributed by atoms with Crippen molar-refractivity contribution in [1.29, 1.82) is 0 Å². The zero-order chi connectivity index (χ0) is 25.2. The quantitative estimate of drug-likeness (QED) is 0.390. The molecule has 12 heteroatoms. The zero-order valence-corrected chi connectivity index (χ0v) is 20.9. The summed E-state index contributed by atoms with van der Waals surface area (Å²) in [5.41, 5.74) is 1.95. The number of carbonyl (C=O) groups excluding carboxylic acids is 1. The van der Waals surface area contributed by atoms with Crippen LogP contribution in [0.15, 0.2) is 47.7 Å². The molecule has 1 amide bonds. The van der Waals surface area contributed by atoms with Crippen molar-refractivity contribution in [2.24, 2.45) is 0 Å². The topological polar surface area (TPSA) is 118 Å². The van der Waals surface area contributed by atoms with Crippen molar-refractivity contribution in [3.05, 3.63) is 74.4 Å². The van der Waals surface area contributed by atoms with Crippen molar-refractivity contribution in [3.8, 4) is 5.75 Å². The number of H-pyrrole nitrogens is 1. The van der Waals surface area contributed by atoms with Crippen molar-refractivity contribution >= 4 is 46.1 Å². The number of nitrogens with zero attached hydrogens (tertiary/aromatic N) is 5. The molecule has 186 valence electrons. The van der Waals surface area contributed by atoms with Gasteiger partial charge >= 0.3 is 0 Å². The van der Waals surface area contributed by atoms with Gasteiger partial charge in [0, 0.05) is 32.0 Å². The first-order chi connectivity index (χ1) is 17.4. The molecule has 4 heterocycles. The van der Waals surface area contributed by atoms with E-state index in [0.29, 0.717) is 70.8 Å². The van der Waals surface area contributed by atoms with Crippen LogP contribution >= 0.6 is 23.2 Å². The van der Waals surface area contributed by atoms with E-state index in [1.54, 1.807) is 40.2 Å². The maximum absolute atomic E-state index is 13.0. The first-order valence-corrected chi connectivity index (χ1v) is 12.1. The van der Waals surface area contributed by atoms with Gasteiger partial charge in [0.15, 0.2) is 5.52 Å². The molecule has 3 aromatic heterocycles. The van der Waals surface area contributed by atoms with E-state index in [1.807, 2.05) is 6.07 Å². The number of piperidine rings is 1. The predicted octanol–water partition coefficient (Wildman–Crippen LogP) is 3.92. The Kier molecular flexibility index (Phi) is 6.80. The molecule has 1 saturated heterocycles. The molecular formula is C24H23Cl2N7O3. The monoisotopic (exact) mass is 527 g/mol. The van der Waals surface area contributed by atoms with Gasteiger partial charge in [-0.05, 0) is 36.6 Å². The molecule has 5 rings (SSSR count). The highest BCUT2D eigenvalue weighted by Gasteiger charge is 2.28. The number of fused-ring (bicyclic) bond motifs is 1. The minimum absolute atomic E-state index is 0.0275. The van der Waals surface area contributed by atoms with Gasteiger partial charge in [-0.15, -0.1) is 0 Å². The molecule has 1 aliphatic heterocycles. The molecule has 0 radical (unpaired) electrons. The van der Waals surface area contributed by atoms with Gasteiger partial charge in [0.25, 0.3) is 11.5 Å². The lowest BCUT2D eigenvalue weighted by atomic mass is 10.0. The standard InChI is InChI=1S/C24H23Cl2N7O3/c1-36-20-4-7-27-12-16(20)23(35)32-8-5-15(6-9-32)33-21-19(13-29-33)30-24(31-22(21)34)28-11-14-2-3-17(25)18(26)10-14/h2-4,7,10,12-13,15H,5-6,8-9,11H2,1H3,(H2,28,30,31,34). The summed E-state index contributed by atoms with van der Waals surface area (Å²) in [6, 6.07) is 6.96. The van der Waals surface area contributed by atoms with Gasteiger partial charge in [-0.2, -0.15) is 5.10 Å². The average molecular weight is 528 g/mol. The van der Waals surface area contributed by atoms with E-state index < -0.39 is 0 Å². The number of halogens is 2. The smallest absolute Gasteiger partial charge is 0.278 e. The van der Waals surface area contributed by atoms with E-state index in [0.717, 1.165) is 5.56 Å². The minimum Gasteiger partial charge on any atom is -0.496 e. The summed E-state index contributed by atoms with van der Waals surface area (Å²) in [7, 11) is 1.53. The number of benzene rings is 1. The molecule has 2 N–H and O–H groups in total. The number of hydrogen-bond acceptors (Lipinski definition) is 7. The summed E-state index contributed by atoms with van der Waals surface area (Å²) in [6.45, 7) is 1.46. The highest BCUT2D eigenvalue weighted by molar-refractivity contribution is 6.42. The largest absolute Gasteiger partial charge is 0.496 e. The number of aromatic nitrogens is 5. The van der Waals surface area contributed by atoms with E-state index in [2.05, 4.69) is 25.4 Å². The summed E-state index contributed by atoms with van der Waals surface area (Å²) in [5, 5.41) is 8.50. The SMILES string of the molecule is COc1ccncc1C(=O)N1CCC(n2ncc3nc(NCc4ccc(Cl)c(Cl)c4)[nH]c(=O)c32)CC1. The van der Waals surface area contributed by atoms with Gasteiger partial charge in [-0.3, -0.25) is 24.2 Å². The minimum atomic E-state index is -0.284. The summed E-state index contributed by atoms with van der Waals surface area (Å²) >= 11 is 12.0. The third-order valence-electron chi connectivity index (χ3n) is 6.23. The first kappa shape index (κ1) is 24.1. The van der Waals surface area contributed by atoms with Crippen LogP contribution in [0.3, 0.4) is 0 Å². The van der Waals surface area contributed by atoms with E-state index in [-0.39, 0.29) is 17.5 Å². The first-order valence-electron chi connectivity index (χ1n) is 11.4. The van der Waals surface area contributed by atoms with E-state index in [4.69, 9.17) is 27.9 Å². The molecule has 10 nitrogen and oxygen atoms in total. The highest BCUT2D eigenvalue weighted by Crippen LogP contribution is 2.27. The Bertz CT molecular complexity index is 1480. The highest BCUT2D eigenvalue weighted by atomic mass is 35.5. The summed E-state index contributed by atoms with van der Waals surface area (Å²) in [5.74, 6) is 0.710. The Morgan fingerprint density at radius 2 is 2.00 bits per heavy atom. The molecule has 1 aromatic carbocycles. The van der Waals surface area contributed by atoms with Crippen LogP contribution in [0, 0.1) is 0 Å². The third kappa shape index (κ3) is 4.74. The van der Waals surface area contributed by atoms with E-state index in [9.17, 15) is 9.59 Å². The fourth-order valence-corrected chi connectivity index (χ4v) is 4.69. The Hall–Kier alpha value is -3.63. The summed E-state index contributed by atoms with van der Waals surface area (Å²) in [6.07, 6.45) is 6.01. The molecule has 36 heavy (non-hydrogen) atoms. The van der Waals surface area contributed by atoms with Crippen LogP contribution < -0.4 is 15.6 Å². The van der Waals surface area contributed by atoms with E-state index >= 15 is 0 Å². The van der Waals surface area contributed by atoms with Crippen LogP contribution in [0.25, 0.3) is 11.0 Å². The van der Waals surface area contributed by atoms with Crippen molar-refractivity contribution in [2.45, 2.75) is 25.4 Å². The van der Waals surface area contributed by atoms with Crippen LogP contribution in [0.1, 0.15) is 34.8 Å². The van der Waals surface area contributed by atoms with Crippen molar-refractivity contribution in [1.82, 2.24) is 29.6 Å². The average Bonchev–Trinajstić information content (AvgIpc) is 3.33. The van der Waals surface area contributed by atoms with Crippen LogP contribution in [0.5, 0.6) is 5.75 Å². The van der Waals surface area contributed by atoms with Crippen molar-refractivity contribution in [3.63, 3.8) is 0 Å². The number of rotatable bonds is 6. The maximum atomic E-state index is 13.0. The fourth-order valence-electron chi connectivity index (χ4n) is 4.37. The third-order valence-corrected chi connectivity index (χ3v) is 6.97. The Balaban J connectivity index is 1.28. The second-order valence-corrected chi connectivity index (χ2v) is 9.25. The predicted molar refractivity (Wildman–Crippen MR) is 137 cm³/mol. The number of aromatic amines is 1. The number of hydrogen-bond donors (Lipinski definition) is 2. The number of anilines is 1. The Morgan fingerprint density at radius 3 is 2.75 bits per heavy atom. The Morgan fingerprint density at radius 1 is 1.19 bits per heavy atom. The molecule has 0 aliphatic carbocycles. The number of pyridine rings is 1. The van der Waals surface area contributed by atoms with Crippen LogP contribution in [0.4, 0.5) is 5.95 Å². The molecular weight excluding hydrogens is 505 g/mol. The Labute approximate surface area is 216 Å². The van der Waals surface area contributed by atoms with Gasteiger partial charge in [0.2, 0.25) is 5.95 Å². The van der Waals surface area contributed by atoms with Gasteiger partial charge in [-0.25, -0.2) is 4.98 Å². The van der Waals surface area contributed by atoms with Gasteiger partial charge < -0.3 is 15.0 Å². The lowest BCUT2D eigenvalue weighted by Crippen LogP contribution is -2.39. The molecule has 1 aliphatic rings. The van der Waals surface area contributed by atoms with E-state index in [1.165, 1.54) is 13.3 Å². The van der Waals surface area contributed by atoms with Crippen LogP contribution in [-0.2, 0) is 6.54 Å².